The molecule has 0 radical (unpaired) electrons. The van der Waals surface area contributed by atoms with Crippen LogP contribution < -0.4 is 15.4 Å². The highest BCUT2D eigenvalue weighted by molar-refractivity contribution is 6.04. The highest BCUT2D eigenvalue weighted by Crippen LogP contribution is 2.19. The molecule has 2 amide bonds. The Bertz CT molecular complexity index is 769. The molecule has 0 fully saturated rings. The first-order valence-corrected chi connectivity index (χ1v) is 9.33. The van der Waals surface area contributed by atoms with Gasteiger partial charge in [0.2, 0.25) is 0 Å². The number of ether oxygens (including phenoxy) is 1. The predicted octanol–water partition coefficient (Wildman–Crippen LogP) is 4.36. The van der Waals surface area contributed by atoms with Crippen molar-refractivity contribution in [1.82, 2.24) is 5.32 Å². The molecule has 2 rings (SSSR count). The first-order chi connectivity index (χ1) is 12.9. The molecule has 2 aromatic carbocycles. The lowest BCUT2D eigenvalue weighted by Crippen LogP contribution is -2.33. The van der Waals surface area contributed by atoms with Crippen LogP contribution in [0.25, 0.3) is 0 Å². The number of anilines is 1. The number of hydrogen-bond acceptors (Lipinski definition) is 3. The average molecular weight is 368 g/mol. The van der Waals surface area contributed by atoms with Crippen LogP contribution in [-0.2, 0) is 4.79 Å². The molecule has 0 aliphatic carbocycles. The van der Waals surface area contributed by atoms with E-state index in [0.29, 0.717) is 22.9 Å². The van der Waals surface area contributed by atoms with Gasteiger partial charge in [0.05, 0.1) is 11.3 Å². The van der Waals surface area contributed by atoms with Crippen molar-refractivity contribution in [3.05, 3.63) is 59.7 Å². The summed E-state index contributed by atoms with van der Waals surface area (Å²) in [6.07, 6.45) is 0.837. The fraction of sp³-hybridized carbons (Fsp3) is 0.364. The van der Waals surface area contributed by atoms with E-state index in [-0.39, 0.29) is 24.5 Å². The highest BCUT2D eigenvalue weighted by Gasteiger charge is 2.14. The Labute approximate surface area is 161 Å². The van der Waals surface area contributed by atoms with Gasteiger partial charge in [0.25, 0.3) is 11.8 Å². The van der Waals surface area contributed by atoms with Gasteiger partial charge in [0.15, 0.2) is 6.61 Å². The number of carbonyl (C=O) groups is 2. The maximum absolute atomic E-state index is 12.4. The first kappa shape index (κ1) is 20.5. The molecule has 1 atom stereocenters. The number of carbonyl (C=O) groups excluding carboxylic acids is 2. The lowest BCUT2D eigenvalue weighted by molar-refractivity contribution is -0.118. The number of para-hydroxylation sites is 1. The van der Waals surface area contributed by atoms with Crippen LogP contribution >= 0.6 is 0 Å². The zero-order chi connectivity index (χ0) is 19.8. The number of rotatable bonds is 8. The van der Waals surface area contributed by atoms with Gasteiger partial charge in [-0.2, -0.15) is 0 Å². The summed E-state index contributed by atoms with van der Waals surface area (Å²) in [6, 6.07) is 14.7. The molecule has 144 valence electrons. The number of nitrogens with one attached hydrogen (secondary N) is 2. The number of benzene rings is 2. The van der Waals surface area contributed by atoms with Crippen molar-refractivity contribution < 1.29 is 14.3 Å². The molecule has 0 aliphatic heterocycles. The van der Waals surface area contributed by atoms with Crippen molar-refractivity contribution in [3.8, 4) is 5.75 Å². The highest BCUT2D eigenvalue weighted by atomic mass is 16.5. The van der Waals surface area contributed by atoms with Crippen molar-refractivity contribution in [2.45, 2.75) is 46.1 Å². The molecule has 0 spiro atoms. The van der Waals surface area contributed by atoms with E-state index < -0.39 is 0 Å². The van der Waals surface area contributed by atoms with Crippen LogP contribution in [0.4, 0.5) is 5.69 Å². The van der Waals surface area contributed by atoms with E-state index in [0.717, 1.165) is 6.42 Å². The molecule has 0 bridgehead atoms. The minimum Gasteiger partial charge on any atom is -0.484 e. The minimum absolute atomic E-state index is 0.0680. The van der Waals surface area contributed by atoms with Crippen LogP contribution in [0, 0.1) is 0 Å². The van der Waals surface area contributed by atoms with E-state index in [1.165, 1.54) is 5.56 Å². The van der Waals surface area contributed by atoms with Crippen LogP contribution in [0.1, 0.15) is 56.0 Å². The van der Waals surface area contributed by atoms with E-state index in [2.05, 4.69) is 24.5 Å². The lowest BCUT2D eigenvalue weighted by atomic mass is 10.0. The third kappa shape index (κ3) is 6.13. The second-order valence-electron chi connectivity index (χ2n) is 6.89. The monoisotopic (exact) mass is 368 g/mol. The Morgan fingerprint density at radius 3 is 2.30 bits per heavy atom. The van der Waals surface area contributed by atoms with Crippen LogP contribution in [0.5, 0.6) is 5.75 Å². The van der Waals surface area contributed by atoms with Crippen LogP contribution in [0.3, 0.4) is 0 Å². The van der Waals surface area contributed by atoms with Gasteiger partial charge in [-0.25, -0.2) is 0 Å². The fourth-order valence-electron chi connectivity index (χ4n) is 2.48. The van der Waals surface area contributed by atoms with Gasteiger partial charge >= 0.3 is 0 Å². The molecule has 5 heteroatoms. The molecule has 27 heavy (non-hydrogen) atoms. The Hall–Kier alpha value is -2.82. The Kier molecular flexibility index (Phi) is 7.41. The summed E-state index contributed by atoms with van der Waals surface area (Å²) in [5.41, 5.74) is 2.13. The van der Waals surface area contributed by atoms with Crippen LogP contribution in [0.15, 0.2) is 48.5 Å². The summed E-state index contributed by atoms with van der Waals surface area (Å²) in [7, 11) is 0. The zero-order valence-corrected chi connectivity index (χ0v) is 16.4. The van der Waals surface area contributed by atoms with E-state index in [1.54, 1.807) is 24.3 Å². The van der Waals surface area contributed by atoms with Crippen molar-refractivity contribution in [1.29, 1.82) is 0 Å². The molecule has 0 heterocycles. The van der Waals surface area contributed by atoms with Gasteiger partial charge in [-0.3, -0.25) is 9.59 Å². The molecule has 0 unspecified atom stereocenters. The van der Waals surface area contributed by atoms with Crippen molar-refractivity contribution >= 4 is 17.5 Å². The van der Waals surface area contributed by atoms with E-state index in [4.69, 9.17) is 4.74 Å². The molecule has 0 saturated heterocycles. The fourth-order valence-corrected chi connectivity index (χ4v) is 2.48. The summed E-state index contributed by atoms with van der Waals surface area (Å²) in [4.78, 5) is 24.6. The second kappa shape index (κ2) is 9.76. The van der Waals surface area contributed by atoms with Gasteiger partial charge in [0, 0.05) is 6.04 Å². The minimum atomic E-state index is -0.313. The Balaban J connectivity index is 1.96. The SMILES string of the molecule is CC[C@@H](C)NC(=O)c1ccccc1NC(=O)COc1ccc(C(C)C)cc1. The number of amides is 2. The summed E-state index contributed by atoms with van der Waals surface area (Å²) in [5.74, 6) is 0.565. The second-order valence-corrected chi connectivity index (χ2v) is 6.89. The number of hydrogen-bond donors (Lipinski definition) is 2. The average Bonchev–Trinajstić information content (AvgIpc) is 2.66. The molecule has 0 aliphatic rings. The lowest BCUT2D eigenvalue weighted by Gasteiger charge is -2.15. The largest absolute Gasteiger partial charge is 0.484 e. The molecular weight excluding hydrogens is 340 g/mol. The van der Waals surface area contributed by atoms with Gasteiger partial charge < -0.3 is 15.4 Å². The Morgan fingerprint density at radius 1 is 1.00 bits per heavy atom. The van der Waals surface area contributed by atoms with Crippen molar-refractivity contribution in [2.75, 3.05) is 11.9 Å². The van der Waals surface area contributed by atoms with E-state index >= 15 is 0 Å². The third-order valence-electron chi connectivity index (χ3n) is 4.35. The Morgan fingerprint density at radius 2 is 1.67 bits per heavy atom. The summed E-state index contributed by atoms with van der Waals surface area (Å²) in [6.45, 7) is 8.07. The normalized spacial score (nSPS) is 11.7. The molecular formula is C22H28N2O3. The quantitative estimate of drug-likeness (QED) is 0.728. The van der Waals surface area contributed by atoms with Gasteiger partial charge in [-0.15, -0.1) is 0 Å². The third-order valence-corrected chi connectivity index (χ3v) is 4.35. The first-order valence-electron chi connectivity index (χ1n) is 9.33. The summed E-state index contributed by atoms with van der Waals surface area (Å²) < 4.78 is 5.54. The predicted molar refractivity (Wildman–Crippen MR) is 108 cm³/mol. The van der Waals surface area contributed by atoms with Gasteiger partial charge in [-0.1, -0.05) is 45.0 Å². The van der Waals surface area contributed by atoms with E-state index in [1.807, 2.05) is 38.1 Å². The molecule has 0 saturated carbocycles. The van der Waals surface area contributed by atoms with Crippen molar-refractivity contribution in [2.24, 2.45) is 0 Å². The zero-order valence-electron chi connectivity index (χ0n) is 16.4. The summed E-state index contributed by atoms with van der Waals surface area (Å²) in [5, 5.41) is 5.67. The van der Waals surface area contributed by atoms with Gasteiger partial charge in [0.1, 0.15) is 5.75 Å². The smallest absolute Gasteiger partial charge is 0.262 e. The standard InChI is InChI=1S/C22H28N2O3/c1-5-16(4)23-22(26)19-8-6-7-9-20(19)24-21(25)14-27-18-12-10-17(11-13-18)15(2)3/h6-13,15-16H,5,14H2,1-4H3,(H,23,26)(H,24,25)/t16-/m1/s1. The molecule has 2 aromatic rings. The van der Waals surface area contributed by atoms with Crippen LogP contribution in [0.2, 0.25) is 0 Å². The molecule has 2 N–H and O–H groups in total. The van der Waals surface area contributed by atoms with E-state index in [9.17, 15) is 9.59 Å². The van der Waals surface area contributed by atoms with Crippen LogP contribution in [-0.4, -0.2) is 24.5 Å². The molecule has 5 nitrogen and oxygen atoms in total. The van der Waals surface area contributed by atoms with Gasteiger partial charge in [-0.05, 0) is 49.1 Å². The molecule has 0 aromatic heterocycles. The van der Waals surface area contributed by atoms with Crippen molar-refractivity contribution in [3.63, 3.8) is 0 Å². The maximum atomic E-state index is 12.4. The topological polar surface area (TPSA) is 67.4 Å². The maximum Gasteiger partial charge on any atom is 0.262 e. The summed E-state index contributed by atoms with van der Waals surface area (Å²) >= 11 is 0.